The second-order valence-corrected chi connectivity index (χ2v) is 12.6. The molecule has 234 valence electrons. The lowest BCUT2D eigenvalue weighted by molar-refractivity contribution is 0.669. The van der Waals surface area contributed by atoms with Gasteiger partial charge in [-0.2, -0.15) is 0 Å². The van der Waals surface area contributed by atoms with Crippen LogP contribution in [0.15, 0.2) is 179 Å². The van der Waals surface area contributed by atoms with E-state index in [-0.39, 0.29) is 0 Å². The van der Waals surface area contributed by atoms with Crippen LogP contribution in [0.25, 0.3) is 100 Å². The van der Waals surface area contributed by atoms with E-state index < -0.39 is 0 Å². The van der Waals surface area contributed by atoms with E-state index in [2.05, 4.69) is 115 Å². The molecule has 0 amide bonds. The number of rotatable bonds is 5. The normalized spacial score (nSPS) is 11.6. The summed E-state index contributed by atoms with van der Waals surface area (Å²) in [5, 5.41) is 4.23. The first-order valence-electron chi connectivity index (χ1n) is 16.7. The Morgan fingerprint density at radius 1 is 0.320 bits per heavy atom. The van der Waals surface area contributed by atoms with Gasteiger partial charge in [0.1, 0.15) is 22.3 Å². The quantitative estimate of drug-likeness (QED) is 0.188. The Kier molecular flexibility index (Phi) is 6.46. The Hall–Kier alpha value is -6.78. The van der Waals surface area contributed by atoms with E-state index in [1.54, 1.807) is 0 Å². The van der Waals surface area contributed by atoms with Crippen molar-refractivity contribution < 1.29 is 8.83 Å². The van der Waals surface area contributed by atoms with Gasteiger partial charge in [0.2, 0.25) is 0 Å². The van der Waals surface area contributed by atoms with Crippen LogP contribution in [0.1, 0.15) is 0 Å². The van der Waals surface area contributed by atoms with Gasteiger partial charge in [-0.05, 0) is 70.8 Å². The van der Waals surface area contributed by atoms with Crippen LogP contribution in [-0.4, -0.2) is 9.97 Å². The van der Waals surface area contributed by atoms with Crippen molar-refractivity contribution in [1.82, 2.24) is 9.97 Å². The molecule has 3 aromatic heterocycles. The standard InChI is InChI=1S/C46H28N2O2/c1-3-13-29(14-4-1)31-25-32(30-15-5-2-6-16-30)27-33(26-31)40-28-41(38-21-11-19-36-34-17-7-9-23-42(34)49-44(36)38)48-46(47-40)39-22-12-20-37-35-18-8-10-24-43(35)50-45(37)39/h1-28H. The fraction of sp³-hybridized carbons (Fsp3) is 0. The van der Waals surface area contributed by atoms with E-state index in [4.69, 9.17) is 18.8 Å². The van der Waals surface area contributed by atoms with Crippen LogP contribution in [0, 0.1) is 0 Å². The van der Waals surface area contributed by atoms with E-state index in [1.807, 2.05) is 54.6 Å². The lowest BCUT2D eigenvalue weighted by Crippen LogP contribution is -1.97. The molecule has 50 heavy (non-hydrogen) atoms. The smallest absolute Gasteiger partial charge is 0.164 e. The Morgan fingerprint density at radius 2 is 0.780 bits per heavy atom. The second kappa shape index (κ2) is 11.4. The van der Waals surface area contributed by atoms with Crippen LogP contribution in [0.2, 0.25) is 0 Å². The third-order valence-electron chi connectivity index (χ3n) is 9.49. The first-order valence-corrected chi connectivity index (χ1v) is 16.7. The molecule has 4 heteroatoms. The molecule has 3 heterocycles. The predicted molar refractivity (Wildman–Crippen MR) is 204 cm³/mol. The summed E-state index contributed by atoms with van der Waals surface area (Å²) in [4.78, 5) is 10.6. The Bertz CT molecular complexity index is 2680. The van der Waals surface area contributed by atoms with Crippen molar-refractivity contribution >= 4 is 43.9 Å². The average molecular weight is 641 g/mol. The number of furan rings is 2. The molecule has 0 bridgehead atoms. The van der Waals surface area contributed by atoms with Gasteiger partial charge in [0.05, 0.1) is 17.0 Å². The first-order chi connectivity index (χ1) is 24.8. The summed E-state index contributed by atoms with van der Waals surface area (Å²) < 4.78 is 13.0. The molecule has 0 unspecified atom stereocenters. The molecule has 0 aliphatic heterocycles. The van der Waals surface area contributed by atoms with Crippen LogP contribution in [0.5, 0.6) is 0 Å². The van der Waals surface area contributed by atoms with E-state index in [0.717, 1.165) is 94.2 Å². The first kappa shape index (κ1) is 28.3. The van der Waals surface area contributed by atoms with Gasteiger partial charge < -0.3 is 8.83 Å². The molecule has 0 fully saturated rings. The molecule has 10 rings (SSSR count). The van der Waals surface area contributed by atoms with Gasteiger partial charge in [-0.25, -0.2) is 9.97 Å². The van der Waals surface area contributed by atoms with Crippen molar-refractivity contribution in [2.75, 3.05) is 0 Å². The molecule has 10 aromatic rings. The maximum atomic E-state index is 6.51. The minimum absolute atomic E-state index is 0.585. The van der Waals surface area contributed by atoms with Gasteiger partial charge in [-0.15, -0.1) is 0 Å². The second-order valence-electron chi connectivity index (χ2n) is 12.6. The zero-order valence-electron chi connectivity index (χ0n) is 26.9. The minimum atomic E-state index is 0.585. The summed E-state index contributed by atoms with van der Waals surface area (Å²) in [7, 11) is 0. The zero-order chi connectivity index (χ0) is 33.0. The summed E-state index contributed by atoms with van der Waals surface area (Å²) in [6.45, 7) is 0. The number of hydrogen-bond acceptors (Lipinski definition) is 4. The summed E-state index contributed by atoms with van der Waals surface area (Å²) in [5.41, 5.74) is 12.1. The Labute approximate surface area is 287 Å². The van der Waals surface area contributed by atoms with Crippen molar-refractivity contribution in [3.63, 3.8) is 0 Å². The van der Waals surface area contributed by atoms with Crippen LogP contribution < -0.4 is 0 Å². The topological polar surface area (TPSA) is 52.1 Å². The van der Waals surface area contributed by atoms with E-state index >= 15 is 0 Å². The Morgan fingerprint density at radius 3 is 1.38 bits per heavy atom. The van der Waals surface area contributed by atoms with Crippen LogP contribution in [0.4, 0.5) is 0 Å². The van der Waals surface area contributed by atoms with Crippen molar-refractivity contribution in [2.45, 2.75) is 0 Å². The van der Waals surface area contributed by atoms with Crippen LogP contribution in [-0.2, 0) is 0 Å². The largest absolute Gasteiger partial charge is 0.455 e. The van der Waals surface area contributed by atoms with Gasteiger partial charge in [-0.1, -0.05) is 121 Å². The maximum absolute atomic E-state index is 6.51. The van der Waals surface area contributed by atoms with Crippen molar-refractivity contribution in [3.8, 4) is 56.2 Å². The minimum Gasteiger partial charge on any atom is -0.455 e. The van der Waals surface area contributed by atoms with E-state index in [0.29, 0.717) is 5.82 Å². The molecule has 0 spiro atoms. The molecule has 0 atom stereocenters. The molecule has 0 N–H and O–H groups in total. The Balaban J connectivity index is 1.26. The number of hydrogen-bond donors (Lipinski definition) is 0. The molecular formula is C46H28N2O2. The number of fused-ring (bicyclic) bond motifs is 6. The monoisotopic (exact) mass is 640 g/mol. The fourth-order valence-corrected chi connectivity index (χ4v) is 7.10. The summed E-state index contributed by atoms with van der Waals surface area (Å²) >= 11 is 0. The zero-order valence-corrected chi connectivity index (χ0v) is 26.9. The highest BCUT2D eigenvalue weighted by Crippen LogP contribution is 2.40. The third-order valence-corrected chi connectivity index (χ3v) is 9.49. The van der Waals surface area contributed by atoms with E-state index in [9.17, 15) is 0 Å². The number of nitrogens with zero attached hydrogens (tertiary/aromatic N) is 2. The van der Waals surface area contributed by atoms with Crippen LogP contribution >= 0.6 is 0 Å². The highest BCUT2D eigenvalue weighted by Gasteiger charge is 2.20. The lowest BCUT2D eigenvalue weighted by atomic mass is 9.94. The van der Waals surface area contributed by atoms with Crippen molar-refractivity contribution in [1.29, 1.82) is 0 Å². The van der Waals surface area contributed by atoms with Gasteiger partial charge in [0, 0.05) is 32.7 Å². The molecule has 0 aliphatic rings. The molecule has 0 saturated heterocycles. The maximum Gasteiger partial charge on any atom is 0.164 e. The molecule has 7 aromatic carbocycles. The molecule has 0 aliphatic carbocycles. The average Bonchev–Trinajstić information content (AvgIpc) is 3.77. The molecule has 0 saturated carbocycles. The highest BCUT2D eigenvalue weighted by atomic mass is 16.3. The van der Waals surface area contributed by atoms with Gasteiger partial charge >= 0.3 is 0 Å². The number of para-hydroxylation sites is 4. The predicted octanol–water partition coefficient (Wildman–Crippen LogP) is 12.6. The number of aromatic nitrogens is 2. The van der Waals surface area contributed by atoms with Crippen molar-refractivity contribution in [3.05, 3.63) is 170 Å². The van der Waals surface area contributed by atoms with Crippen LogP contribution in [0.3, 0.4) is 0 Å². The van der Waals surface area contributed by atoms with E-state index in [1.165, 1.54) is 0 Å². The molecular weight excluding hydrogens is 613 g/mol. The van der Waals surface area contributed by atoms with Gasteiger partial charge in [-0.3, -0.25) is 0 Å². The van der Waals surface area contributed by atoms with Gasteiger partial charge in [0.15, 0.2) is 5.82 Å². The van der Waals surface area contributed by atoms with Crippen molar-refractivity contribution in [2.24, 2.45) is 0 Å². The lowest BCUT2D eigenvalue weighted by Gasteiger charge is -2.13. The SMILES string of the molecule is c1ccc(-c2cc(-c3ccccc3)cc(-c3cc(-c4cccc5c4oc4ccccc45)nc(-c4cccc5c4oc4ccccc45)n3)c2)cc1. The highest BCUT2D eigenvalue weighted by molar-refractivity contribution is 6.10. The van der Waals surface area contributed by atoms with Gasteiger partial charge in [0.25, 0.3) is 0 Å². The third kappa shape index (κ3) is 4.69. The summed E-state index contributed by atoms with van der Waals surface area (Å²) in [5.74, 6) is 0.585. The summed E-state index contributed by atoms with van der Waals surface area (Å²) in [6, 6.07) is 58.5. The molecule has 0 radical (unpaired) electrons. The molecule has 4 nitrogen and oxygen atoms in total. The summed E-state index contributed by atoms with van der Waals surface area (Å²) in [6.07, 6.45) is 0. The fourth-order valence-electron chi connectivity index (χ4n) is 7.10. The number of benzene rings is 7.